The number of anilines is 1. The Morgan fingerprint density at radius 1 is 1.00 bits per heavy atom. The molecule has 0 bridgehead atoms. The smallest absolute Gasteiger partial charge is 0.337 e. The van der Waals surface area contributed by atoms with Gasteiger partial charge in [-0.2, -0.15) is 4.72 Å². The van der Waals surface area contributed by atoms with Gasteiger partial charge in [-0.1, -0.05) is 6.07 Å². The summed E-state index contributed by atoms with van der Waals surface area (Å²) in [6.45, 7) is -1.40. The van der Waals surface area contributed by atoms with Crippen molar-refractivity contribution in [1.29, 1.82) is 0 Å². The zero-order valence-corrected chi connectivity index (χ0v) is 18.0. The molecule has 2 N–H and O–H groups in total. The lowest BCUT2D eigenvalue weighted by molar-refractivity contribution is -0.146. The predicted octanol–water partition coefficient (Wildman–Crippen LogP) is 0.781. The van der Waals surface area contributed by atoms with Crippen LogP contribution in [-0.2, 0) is 33.8 Å². The third-order valence-corrected chi connectivity index (χ3v) is 6.39. The summed E-state index contributed by atoms with van der Waals surface area (Å²) in [5.74, 6) is -3.25. The summed E-state index contributed by atoms with van der Waals surface area (Å²) in [5, 5.41) is 3.93. The number of rotatable bonds is 9. The Kier molecular flexibility index (Phi) is 8.24. The van der Waals surface area contributed by atoms with Crippen LogP contribution in [0.4, 0.5) is 5.69 Å². The number of hydrogen-bond acceptors (Lipinski definition) is 10. The molecule has 0 atom stereocenters. The maximum absolute atomic E-state index is 12.0. The van der Waals surface area contributed by atoms with Crippen LogP contribution in [0.3, 0.4) is 0 Å². The van der Waals surface area contributed by atoms with Crippen molar-refractivity contribution in [2.24, 2.45) is 0 Å². The van der Waals surface area contributed by atoms with Gasteiger partial charge in [0, 0.05) is 5.69 Å². The largest absolute Gasteiger partial charge is 0.465 e. The van der Waals surface area contributed by atoms with Gasteiger partial charge >= 0.3 is 17.9 Å². The number of ether oxygens (including phenoxy) is 3. The second kappa shape index (κ2) is 10.7. The minimum atomic E-state index is -3.85. The highest BCUT2D eigenvalue weighted by Crippen LogP contribution is 2.17. The summed E-state index contributed by atoms with van der Waals surface area (Å²) in [7, 11) is -1.55. The molecule has 1 amide bonds. The van der Waals surface area contributed by atoms with E-state index in [1.807, 2.05) is 0 Å². The van der Waals surface area contributed by atoms with Crippen LogP contribution in [-0.4, -0.2) is 59.6 Å². The van der Waals surface area contributed by atoms with E-state index < -0.39 is 47.0 Å². The Hall–Kier alpha value is -3.29. The topological polar surface area (TPSA) is 154 Å². The number of carbonyl (C=O) groups is 4. The summed E-state index contributed by atoms with van der Waals surface area (Å²) >= 11 is 0.978. The van der Waals surface area contributed by atoms with E-state index in [0.717, 1.165) is 25.6 Å². The molecule has 2 rings (SSSR count). The van der Waals surface area contributed by atoms with Gasteiger partial charge in [-0.3, -0.25) is 9.59 Å². The Bertz CT molecular complexity index is 1050. The number of hydrogen-bond donors (Lipinski definition) is 2. The van der Waals surface area contributed by atoms with Crippen LogP contribution in [0.15, 0.2) is 39.9 Å². The number of thiophene rings is 1. The number of nitrogens with one attached hydrogen (secondary N) is 2. The molecule has 2 aromatic rings. The molecule has 166 valence electrons. The van der Waals surface area contributed by atoms with Crippen molar-refractivity contribution < 1.29 is 41.8 Å². The maximum atomic E-state index is 12.0. The van der Waals surface area contributed by atoms with Crippen LogP contribution < -0.4 is 10.0 Å². The van der Waals surface area contributed by atoms with Crippen molar-refractivity contribution in [1.82, 2.24) is 4.72 Å². The average Bonchev–Trinajstić information content (AvgIpc) is 3.31. The van der Waals surface area contributed by atoms with Crippen molar-refractivity contribution in [3.05, 3.63) is 46.8 Å². The van der Waals surface area contributed by atoms with Gasteiger partial charge in [-0.25, -0.2) is 18.0 Å². The number of sulfonamides is 1. The molecule has 0 radical (unpaired) electrons. The van der Waals surface area contributed by atoms with E-state index in [0.29, 0.717) is 0 Å². The summed E-state index contributed by atoms with van der Waals surface area (Å²) in [5.41, 5.74) is 0.0316. The van der Waals surface area contributed by atoms with Crippen LogP contribution in [0.1, 0.15) is 20.7 Å². The van der Waals surface area contributed by atoms with Crippen LogP contribution in [0.2, 0.25) is 0 Å². The molecular weight excluding hydrogens is 452 g/mol. The van der Waals surface area contributed by atoms with Crippen LogP contribution >= 0.6 is 11.3 Å². The van der Waals surface area contributed by atoms with E-state index in [-0.39, 0.29) is 21.0 Å². The molecule has 0 saturated heterocycles. The monoisotopic (exact) mass is 470 g/mol. The van der Waals surface area contributed by atoms with Gasteiger partial charge in [-0.05, 0) is 29.6 Å². The summed E-state index contributed by atoms with van der Waals surface area (Å²) in [6, 6.07) is 6.66. The highest BCUT2D eigenvalue weighted by Gasteiger charge is 2.18. The Morgan fingerprint density at radius 3 is 2.13 bits per heavy atom. The van der Waals surface area contributed by atoms with Crippen molar-refractivity contribution in [3.63, 3.8) is 0 Å². The fourth-order valence-corrected chi connectivity index (χ4v) is 4.21. The van der Waals surface area contributed by atoms with Crippen molar-refractivity contribution in [3.8, 4) is 0 Å². The van der Waals surface area contributed by atoms with Gasteiger partial charge in [-0.15, -0.1) is 11.3 Å². The van der Waals surface area contributed by atoms with Gasteiger partial charge < -0.3 is 19.5 Å². The number of amides is 1. The number of methoxy groups -OCH3 is 2. The normalized spacial score (nSPS) is 10.8. The van der Waals surface area contributed by atoms with E-state index >= 15 is 0 Å². The molecule has 0 spiro atoms. The molecule has 1 heterocycles. The standard InChI is InChI=1S/C18H18N2O9S2/c1-27-17(23)11-6-12(18(24)28-2)8-13(7-11)20-14(21)10-29-15(22)9-19-31(25,26)16-4-3-5-30-16/h3-8,19H,9-10H2,1-2H3,(H,20,21). The van der Waals surface area contributed by atoms with E-state index in [9.17, 15) is 27.6 Å². The minimum absolute atomic E-state index is 0.0133. The van der Waals surface area contributed by atoms with Gasteiger partial charge in [0.05, 0.1) is 25.3 Å². The quantitative estimate of drug-likeness (QED) is 0.400. The fraction of sp³-hybridized carbons (Fsp3) is 0.222. The summed E-state index contributed by atoms with van der Waals surface area (Å²) < 4.78 is 39.9. The summed E-state index contributed by atoms with van der Waals surface area (Å²) in [6.07, 6.45) is 0. The molecule has 0 aliphatic carbocycles. The molecule has 0 unspecified atom stereocenters. The second-order valence-corrected chi connectivity index (χ2v) is 8.69. The second-order valence-electron chi connectivity index (χ2n) is 5.75. The summed E-state index contributed by atoms with van der Waals surface area (Å²) in [4.78, 5) is 47.3. The lowest BCUT2D eigenvalue weighted by Gasteiger charge is -2.10. The molecule has 0 saturated carbocycles. The number of carbonyl (C=O) groups excluding carboxylic acids is 4. The molecule has 0 aliphatic rings. The van der Waals surface area contributed by atoms with E-state index in [4.69, 9.17) is 4.74 Å². The lowest BCUT2D eigenvalue weighted by atomic mass is 10.1. The first-order valence-corrected chi connectivity index (χ1v) is 10.8. The zero-order valence-electron chi connectivity index (χ0n) is 16.4. The molecule has 31 heavy (non-hydrogen) atoms. The zero-order chi connectivity index (χ0) is 23.0. The first kappa shape index (κ1) is 24.0. The lowest BCUT2D eigenvalue weighted by Crippen LogP contribution is -2.32. The Labute approximate surface area is 181 Å². The molecule has 0 fully saturated rings. The molecule has 1 aromatic carbocycles. The maximum Gasteiger partial charge on any atom is 0.337 e. The highest BCUT2D eigenvalue weighted by molar-refractivity contribution is 7.91. The van der Waals surface area contributed by atoms with Gasteiger partial charge in [0.2, 0.25) is 0 Å². The minimum Gasteiger partial charge on any atom is -0.465 e. The van der Waals surface area contributed by atoms with Gasteiger partial charge in [0.15, 0.2) is 6.61 Å². The first-order chi connectivity index (χ1) is 14.7. The van der Waals surface area contributed by atoms with Crippen molar-refractivity contribution in [2.45, 2.75) is 4.21 Å². The van der Waals surface area contributed by atoms with Crippen molar-refractivity contribution >= 4 is 50.9 Å². The van der Waals surface area contributed by atoms with Crippen LogP contribution in [0.5, 0.6) is 0 Å². The highest BCUT2D eigenvalue weighted by atomic mass is 32.2. The fourth-order valence-electron chi connectivity index (χ4n) is 2.21. The molecule has 1 aromatic heterocycles. The van der Waals surface area contributed by atoms with Crippen LogP contribution in [0, 0.1) is 0 Å². The third-order valence-electron chi connectivity index (χ3n) is 3.59. The third kappa shape index (κ3) is 6.87. The number of benzene rings is 1. The van der Waals surface area contributed by atoms with Gasteiger partial charge in [0.1, 0.15) is 10.8 Å². The van der Waals surface area contributed by atoms with E-state index in [2.05, 4.69) is 19.5 Å². The van der Waals surface area contributed by atoms with E-state index in [1.165, 1.54) is 24.3 Å². The molecule has 11 nitrogen and oxygen atoms in total. The molecule has 13 heteroatoms. The average molecular weight is 470 g/mol. The van der Waals surface area contributed by atoms with Crippen LogP contribution in [0.25, 0.3) is 0 Å². The molecule has 0 aliphatic heterocycles. The van der Waals surface area contributed by atoms with Crippen molar-refractivity contribution in [2.75, 3.05) is 32.7 Å². The Balaban J connectivity index is 1.95. The predicted molar refractivity (Wildman–Crippen MR) is 108 cm³/mol. The van der Waals surface area contributed by atoms with E-state index in [1.54, 1.807) is 11.4 Å². The molecular formula is C18H18N2O9S2. The first-order valence-electron chi connectivity index (χ1n) is 8.46. The Morgan fingerprint density at radius 2 is 1.61 bits per heavy atom. The SMILES string of the molecule is COC(=O)c1cc(NC(=O)COC(=O)CNS(=O)(=O)c2cccs2)cc(C(=O)OC)c1. The van der Waals surface area contributed by atoms with Gasteiger partial charge in [0.25, 0.3) is 15.9 Å². The number of esters is 3.